The fraction of sp³-hybridized carbons (Fsp3) is 0.235. The first-order valence-corrected chi connectivity index (χ1v) is 8.70. The van der Waals surface area contributed by atoms with Crippen LogP contribution in [0.4, 0.5) is 0 Å². The van der Waals surface area contributed by atoms with Gasteiger partial charge in [0.25, 0.3) is 0 Å². The fourth-order valence-corrected chi connectivity index (χ4v) is 5.81. The minimum Gasteiger partial charge on any atom is -0.396 e. The highest BCUT2D eigenvalue weighted by atomic mass is 31.2. The largest absolute Gasteiger partial charge is 0.396 e. The van der Waals surface area contributed by atoms with E-state index in [1.807, 2.05) is 36.4 Å². The quantitative estimate of drug-likeness (QED) is 0.833. The molecule has 0 aliphatic rings. The summed E-state index contributed by atoms with van der Waals surface area (Å²) in [5.41, 5.74) is -0.688. The molecule has 0 radical (unpaired) electrons. The first kappa shape index (κ1) is 15.7. The molecule has 0 fully saturated rings. The Balaban J connectivity index is 2.65. The number of carbonyl (C=O) groups is 1. The average Bonchev–Trinajstić information content (AvgIpc) is 2.53. The van der Waals surface area contributed by atoms with Crippen LogP contribution in [0.25, 0.3) is 0 Å². The first-order valence-electron chi connectivity index (χ1n) is 6.93. The van der Waals surface area contributed by atoms with Crippen molar-refractivity contribution in [2.75, 3.05) is 6.61 Å². The molecule has 0 aliphatic heterocycles. The Labute approximate surface area is 125 Å². The number of aliphatic hydroxyl groups excluding tert-OH is 1. The molecule has 0 aromatic heterocycles. The molecular weight excluding hydrogens is 283 g/mol. The Morgan fingerprint density at radius 1 is 1.00 bits per heavy atom. The number of Topliss-reactive ketones (excluding diaryl/α,β-unsaturated/α-hetero) is 1. The molecule has 0 bridgehead atoms. The Hall–Kier alpha value is -1.70. The molecule has 0 amide bonds. The van der Waals surface area contributed by atoms with Gasteiger partial charge >= 0.3 is 0 Å². The third-order valence-corrected chi connectivity index (χ3v) is 7.22. The Morgan fingerprint density at radius 3 is 1.76 bits per heavy atom. The van der Waals surface area contributed by atoms with E-state index >= 15 is 0 Å². The molecule has 4 heteroatoms. The van der Waals surface area contributed by atoms with Crippen LogP contribution in [-0.2, 0) is 9.36 Å². The highest BCUT2D eigenvalue weighted by molar-refractivity contribution is 7.80. The van der Waals surface area contributed by atoms with Gasteiger partial charge in [-0.3, -0.25) is 4.79 Å². The summed E-state index contributed by atoms with van der Waals surface area (Å²) in [6.07, 6.45) is 0.205. The number of aliphatic hydroxyl groups is 1. The Bertz CT molecular complexity index is 594. The van der Waals surface area contributed by atoms with Gasteiger partial charge in [0, 0.05) is 17.2 Å². The van der Waals surface area contributed by atoms with Crippen molar-refractivity contribution in [3.8, 4) is 0 Å². The van der Waals surface area contributed by atoms with Gasteiger partial charge in [0.1, 0.15) is 5.78 Å². The van der Waals surface area contributed by atoms with E-state index in [1.165, 1.54) is 6.92 Å². The summed E-state index contributed by atoms with van der Waals surface area (Å²) >= 11 is 0. The van der Waals surface area contributed by atoms with Crippen LogP contribution in [0, 0.1) is 0 Å². The van der Waals surface area contributed by atoms with Gasteiger partial charge in [-0.1, -0.05) is 60.7 Å². The number of rotatable bonds is 6. The van der Waals surface area contributed by atoms with E-state index in [1.54, 1.807) is 24.3 Å². The topological polar surface area (TPSA) is 54.4 Å². The molecule has 3 nitrogen and oxygen atoms in total. The summed E-state index contributed by atoms with van der Waals surface area (Å²) in [4.78, 5) is 12.0. The van der Waals surface area contributed by atoms with Gasteiger partial charge in [-0.25, -0.2) is 0 Å². The van der Waals surface area contributed by atoms with Crippen LogP contribution < -0.4 is 10.6 Å². The van der Waals surface area contributed by atoms with Crippen LogP contribution >= 0.6 is 7.14 Å². The van der Waals surface area contributed by atoms with Gasteiger partial charge < -0.3 is 9.67 Å². The van der Waals surface area contributed by atoms with Gasteiger partial charge in [0.05, 0.1) is 5.66 Å². The summed E-state index contributed by atoms with van der Waals surface area (Å²) < 4.78 is 13.8. The summed E-state index contributed by atoms with van der Waals surface area (Å²) in [7, 11) is -3.12. The lowest BCUT2D eigenvalue weighted by Gasteiger charge is -2.26. The van der Waals surface area contributed by atoms with Crippen LogP contribution in [0.2, 0.25) is 0 Å². The number of carbonyl (C=O) groups excluding carboxylic acids is 1. The van der Waals surface area contributed by atoms with E-state index in [9.17, 15) is 14.5 Å². The monoisotopic (exact) mass is 302 g/mol. The predicted octanol–water partition coefficient (Wildman–Crippen LogP) is 2.34. The number of benzene rings is 2. The van der Waals surface area contributed by atoms with E-state index in [2.05, 4.69) is 0 Å². The normalized spacial score (nSPS) is 12.9. The van der Waals surface area contributed by atoms with Crippen LogP contribution in [0.15, 0.2) is 60.7 Å². The maximum Gasteiger partial charge on any atom is 0.153 e. The molecule has 2 rings (SSSR count). The predicted molar refractivity (Wildman–Crippen MR) is 85.9 cm³/mol. The van der Waals surface area contributed by atoms with Crippen molar-refractivity contribution >= 4 is 23.5 Å². The summed E-state index contributed by atoms with van der Waals surface area (Å²) in [6, 6.07) is 18.2. The van der Waals surface area contributed by atoms with Crippen molar-refractivity contribution < 1.29 is 14.5 Å². The van der Waals surface area contributed by atoms with E-state index in [4.69, 9.17) is 0 Å². The molecule has 21 heavy (non-hydrogen) atoms. The molecule has 1 unspecified atom stereocenters. The maximum atomic E-state index is 13.8. The first-order chi connectivity index (χ1) is 10.1. The number of ketones is 1. The zero-order valence-corrected chi connectivity index (χ0v) is 12.9. The summed E-state index contributed by atoms with van der Waals surface area (Å²) in [6.45, 7) is 1.28. The molecule has 2 aromatic rings. The zero-order chi connectivity index (χ0) is 15.3. The highest BCUT2D eigenvalue weighted by Gasteiger charge is 2.38. The second kappa shape index (κ2) is 6.84. The molecule has 0 aliphatic carbocycles. The van der Waals surface area contributed by atoms with Crippen molar-refractivity contribution in [3.05, 3.63) is 60.7 Å². The SMILES string of the molecule is CC(=O)C(CCO)P(=O)(c1ccccc1)c1ccccc1. The molecule has 110 valence electrons. The van der Waals surface area contributed by atoms with E-state index < -0.39 is 12.8 Å². The second-order valence-corrected chi connectivity index (χ2v) is 7.94. The molecule has 1 N–H and O–H groups in total. The molecular formula is C17H19O3P. The standard InChI is InChI=1S/C17H19O3P/c1-14(19)17(12-13-18)21(20,15-8-4-2-5-9-15)16-10-6-3-7-11-16/h2-11,17-18H,12-13H2,1H3. The Morgan fingerprint density at radius 2 is 1.43 bits per heavy atom. The van der Waals surface area contributed by atoms with Crippen molar-refractivity contribution in [2.45, 2.75) is 19.0 Å². The lowest BCUT2D eigenvalue weighted by molar-refractivity contribution is -0.116. The van der Waals surface area contributed by atoms with Gasteiger partial charge in [0.2, 0.25) is 0 Å². The van der Waals surface area contributed by atoms with Crippen molar-refractivity contribution in [2.24, 2.45) is 0 Å². The van der Waals surface area contributed by atoms with Gasteiger partial charge in [-0.05, 0) is 13.3 Å². The molecule has 0 saturated heterocycles. The minimum atomic E-state index is -3.12. The molecule has 1 atom stereocenters. The van der Waals surface area contributed by atoms with E-state index in [0.717, 1.165) is 0 Å². The fourth-order valence-electron chi connectivity index (χ4n) is 2.57. The van der Waals surface area contributed by atoms with Gasteiger partial charge in [-0.2, -0.15) is 0 Å². The minimum absolute atomic E-state index is 0.153. The van der Waals surface area contributed by atoms with Crippen molar-refractivity contribution in [1.82, 2.24) is 0 Å². The van der Waals surface area contributed by atoms with Gasteiger partial charge in [0.15, 0.2) is 7.14 Å². The summed E-state index contributed by atoms with van der Waals surface area (Å²) in [5, 5.41) is 10.6. The van der Waals surface area contributed by atoms with Crippen LogP contribution in [0.1, 0.15) is 13.3 Å². The zero-order valence-electron chi connectivity index (χ0n) is 12.0. The van der Waals surface area contributed by atoms with Crippen LogP contribution in [0.5, 0.6) is 0 Å². The van der Waals surface area contributed by atoms with Crippen LogP contribution in [0.3, 0.4) is 0 Å². The number of hydrogen-bond donors (Lipinski definition) is 1. The number of hydrogen-bond acceptors (Lipinski definition) is 3. The molecule has 2 aromatic carbocycles. The third kappa shape index (κ3) is 3.15. The van der Waals surface area contributed by atoms with Gasteiger partial charge in [-0.15, -0.1) is 0 Å². The van der Waals surface area contributed by atoms with E-state index in [-0.39, 0.29) is 18.8 Å². The van der Waals surface area contributed by atoms with Crippen LogP contribution in [-0.4, -0.2) is 23.2 Å². The Kier molecular flexibility index (Phi) is 5.11. The van der Waals surface area contributed by atoms with E-state index in [0.29, 0.717) is 10.6 Å². The second-order valence-electron chi connectivity index (χ2n) is 4.97. The molecule has 0 saturated carbocycles. The maximum absolute atomic E-state index is 13.8. The van der Waals surface area contributed by atoms with Crippen molar-refractivity contribution in [1.29, 1.82) is 0 Å². The molecule has 0 spiro atoms. The smallest absolute Gasteiger partial charge is 0.153 e. The average molecular weight is 302 g/mol. The highest BCUT2D eigenvalue weighted by Crippen LogP contribution is 2.50. The third-order valence-electron chi connectivity index (χ3n) is 3.59. The lowest BCUT2D eigenvalue weighted by atomic mass is 10.2. The lowest BCUT2D eigenvalue weighted by Crippen LogP contribution is -2.31. The summed E-state index contributed by atoms with van der Waals surface area (Å²) in [5.74, 6) is -0.153. The van der Waals surface area contributed by atoms with Crippen molar-refractivity contribution in [3.63, 3.8) is 0 Å². The molecule has 0 heterocycles.